The quantitative estimate of drug-likeness (QED) is 0.910. The maximum absolute atomic E-state index is 12.3. The zero-order valence-electron chi connectivity index (χ0n) is 11.5. The summed E-state index contributed by atoms with van der Waals surface area (Å²) >= 11 is 0. The molecular weight excluding hydrogens is 252 g/mol. The third-order valence-corrected chi connectivity index (χ3v) is 4.68. The van der Waals surface area contributed by atoms with Gasteiger partial charge in [-0.2, -0.15) is 0 Å². The van der Waals surface area contributed by atoms with Gasteiger partial charge < -0.3 is 9.64 Å². The molecule has 1 aromatic rings. The summed E-state index contributed by atoms with van der Waals surface area (Å²) in [5.74, 6) is 0.882. The minimum atomic E-state index is 0.0108. The Balaban J connectivity index is 1.62. The van der Waals surface area contributed by atoms with Crippen molar-refractivity contribution in [2.75, 3.05) is 13.2 Å². The molecule has 20 heavy (non-hydrogen) atoms. The van der Waals surface area contributed by atoms with Crippen LogP contribution in [0.25, 0.3) is 0 Å². The fourth-order valence-corrected chi connectivity index (χ4v) is 3.58. The standard InChI is InChI=1S/C16H20N2O2/c19-14-10-17-16(12-4-2-1-3-5-12)18(14)13-8-9-20-15(13)11-6-7-11/h1-5,11,13,15-17H,6-10H2. The van der Waals surface area contributed by atoms with Crippen LogP contribution in [-0.2, 0) is 9.53 Å². The largest absolute Gasteiger partial charge is 0.376 e. The lowest BCUT2D eigenvalue weighted by atomic mass is 10.0. The molecule has 4 rings (SSSR count). The Morgan fingerprint density at radius 3 is 2.70 bits per heavy atom. The molecule has 4 nitrogen and oxygen atoms in total. The van der Waals surface area contributed by atoms with Crippen LogP contribution in [-0.4, -0.2) is 36.1 Å². The number of rotatable bonds is 3. The number of carbonyl (C=O) groups is 1. The van der Waals surface area contributed by atoms with Gasteiger partial charge in [0, 0.05) is 6.61 Å². The molecule has 0 aromatic heterocycles. The van der Waals surface area contributed by atoms with Gasteiger partial charge in [0.15, 0.2) is 0 Å². The van der Waals surface area contributed by atoms with Crippen LogP contribution in [0.1, 0.15) is 31.0 Å². The third kappa shape index (κ3) is 2.03. The molecule has 1 saturated carbocycles. The number of ether oxygens (including phenoxy) is 1. The van der Waals surface area contributed by atoms with Gasteiger partial charge in [-0.1, -0.05) is 30.3 Å². The summed E-state index contributed by atoms with van der Waals surface area (Å²) in [6, 6.07) is 10.5. The van der Waals surface area contributed by atoms with E-state index < -0.39 is 0 Å². The van der Waals surface area contributed by atoms with Crippen molar-refractivity contribution in [1.82, 2.24) is 10.2 Å². The average molecular weight is 272 g/mol. The van der Waals surface area contributed by atoms with Crippen LogP contribution in [0.5, 0.6) is 0 Å². The first kappa shape index (κ1) is 12.4. The molecule has 2 aliphatic heterocycles. The van der Waals surface area contributed by atoms with Crippen LogP contribution in [0, 0.1) is 5.92 Å². The van der Waals surface area contributed by atoms with Gasteiger partial charge >= 0.3 is 0 Å². The molecule has 4 heteroatoms. The van der Waals surface area contributed by atoms with E-state index in [0.29, 0.717) is 12.5 Å². The number of nitrogens with zero attached hydrogens (tertiary/aromatic N) is 1. The fraction of sp³-hybridized carbons (Fsp3) is 0.562. The molecule has 3 fully saturated rings. The summed E-state index contributed by atoms with van der Waals surface area (Å²) in [7, 11) is 0. The van der Waals surface area contributed by atoms with Gasteiger partial charge in [-0.25, -0.2) is 0 Å². The van der Waals surface area contributed by atoms with E-state index in [1.165, 1.54) is 18.4 Å². The zero-order valence-corrected chi connectivity index (χ0v) is 11.5. The van der Waals surface area contributed by atoms with Crippen LogP contribution < -0.4 is 5.32 Å². The number of hydrogen-bond donors (Lipinski definition) is 1. The number of amides is 1. The molecule has 3 aliphatic rings. The number of hydrogen-bond acceptors (Lipinski definition) is 3. The Morgan fingerprint density at radius 2 is 1.95 bits per heavy atom. The van der Waals surface area contributed by atoms with Crippen LogP contribution in [0.15, 0.2) is 30.3 Å². The summed E-state index contributed by atoms with van der Waals surface area (Å²) in [4.78, 5) is 14.4. The van der Waals surface area contributed by atoms with Crippen molar-refractivity contribution in [3.8, 4) is 0 Å². The van der Waals surface area contributed by atoms with E-state index in [-0.39, 0.29) is 24.2 Å². The lowest BCUT2D eigenvalue weighted by molar-refractivity contribution is -0.131. The predicted molar refractivity (Wildman–Crippen MR) is 74.9 cm³/mol. The lowest BCUT2D eigenvalue weighted by Crippen LogP contribution is -2.45. The number of benzene rings is 1. The summed E-state index contributed by atoms with van der Waals surface area (Å²) in [5.41, 5.74) is 1.17. The number of carbonyl (C=O) groups excluding carboxylic acids is 1. The molecule has 1 amide bonds. The van der Waals surface area contributed by atoms with Crippen molar-refractivity contribution in [3.63, 3.8) is 0 Å². The topological polar surface area (TPSA) is 41.6 Å². The Labute approximate surface area is 119 Å². The molecule has 0 bridgehead atoms. The Bertz CT molecular complexity index is 500. The molecular formula is C16H20N2O2. The molecule has 1 aliphatic carbocycles. The van der Waals surface area contributed by atoms with Crippen molar-refractivity contribution in [3.05, 3.63) is 35.9 Å². The molecule has 2 heterocycles. The van der Waals surface area contributed by atoms with E-state index in [4.69, 9.17) is 4.74 Å². The van der Waals surface area contributed by atoms with Gasteiger partial charge in [0.05, 0.1) is 18.7 Å². The highest BCUT2D eigenvalue weighted by molar-refractivity contribution is 5.81. The number of nitrogens with one attached hydrogen (secondary N) is 1. The van der Waals surface area contributed by atoms with E-state index in [0.717, 1.165) is 13.0 Å². The maximum Gasteiger partial charge on any atom is 0.238 e. The summed E-state index contributed by atoms with van der Waals surface area (Å²) in [5, 5.41) is 3.35. The second kappa shape index (κ2) is 4.86. The first-order valence-corrected chi connectivity index (χ1v) is 7.56. The van der Waals surface area contributed by atoms with Crippen LogP contribution in [0.2, 0.25) is 0 Å². The van der Waals surface area contributed by atoms with Gasteiger partial charge in [-0.3, -0.25) is 10.1 Å². The van der Waals surface area contributed by atoms with Crippen molar-refractivity contribution >= 4 is 5.91 Å². The van der Waals surface area contributed by atoms with E-state index in [1.54, 1.807) is 0 Å². The van der Waals surface area contributed by atoms with Crippen LogP contribution in [0.3, 0.4) is 0 Å². The minimum Gasteiger partial charge on any atom is -0.376 e. The van der Waals surface area contributed by atoms with Crippen molar-refractivity contribution in [1.29, 1.82) is 0 Å². The second-order valence-electron chi connectivity index (χ2n) is 6.02. The SMILES string of the molecule is O=C1CNC(c2ccccc2)N1C1CCOC1C1CC1. The van der Waals surface area contributed by atoms with Crippen LogP contribution in [0.4, 0.5) is 0 Å². The molecule has 0 spiro atoms. The van der Waals surface area contributed by atoms with Crippen molar-refractivity contribution in [2.45, 2.75) is 37.6 Å². The Morgan fingerprint density at radius 1 is 1.15 bits per heavy atom. The molecule has 3 unspecified atom stereocenters. The summed E-state index contributed by atoms with van der Waals surface area (Å²) in [6.45, 7) is 1.23. The summed E-state index contributed by atoms with van der Waals surface area (Å²) in [6.07, 6.45) is 3.75. The second-order valence-corrected chi connectivity index (χ2v) is 6.02. The average Bonchev–Trinajstić information content (AvgIpc) is 3.09. The first-order chi connectivity index (χ1) is 9.84. The van der Waals surface area contributed by atoms with Gasteiger partial charge in [-0.15, -0.1) is 0 Å². The Kier molecular flexibility index (Phi) is 3.00. The zero-order chi connectivity index (χ0) is 13.5. The first-order valence-electron chi connectivity index (χ1n) is 7.56. The van der Waals surface area contributed by atoms with E-state index in [1.807, 2.05) is 23.1 Å². The summed E-state index contributed by atoms with van der Waals surface area (Å²) < 4.78 is 5.91. The van der Waals surface area contributed by atoms with E-state index in [9.17, 15) is 4.79 Å². The van der Waals surface area contributed by atoms with Crippen molar-refractivity contribution in [2.24, 2.45) is 5.92 Å². The van der Waals surface area contributed by atoms with E-state index >= 15 is 0 Å². The smallest absolute Gasteiger partial charge is 0.238 e. The van der Waals surface area contributed by atoms with Gasteiger partial charge in [0.1, 0.15) is 6.17 Å². The van der Waals surface area contributed by atoms with E-state index in [2.05, 4.69) is 17.4 Å². The molecule has 0 radical (unpaired) electrons. The highest BCUT2D eigenvalue weighted by Crippen LogP contribution is 2.42. The fourth-order valence-electron chi connectivity index (χ4n) is 3.58. The van der Waals surface area contributed by atoms with Crippen LogP contribution >= 0.6 is 0 Å². The van der Waals surface area contributed by atoms with Gasteiger partial charge in [0.2, 0.25) is 5.91 Å². The molecule has 1 aromatic carbocycles. The minimum absolute atomic E-state index is 0.0108. The monoisotopic (exact) mass is 272 g/mol. The van der Waals surface area contributed by atoms with Crippen molar-refractivity contribution < 1.29 is 9.53 Å². The predicted octanol–water partition coefficient (Wildman–Crippen LogP) is 1.68. The Hall–Kier alpha value is -1.39. The lowest BCUT2D eigenvalue weighted by Gasteiger charge is -2.33. The molecule has 3 atom stereocenters. The highest BCUT2D eigenvalue weighted by atomic mass is 16.5. The van der Waals surface area contributed by atoms with Gasteiger partial charge in [-0.05, 0) is 30.7 Å². The normalized spacial score (nSPS) is 33.9. The molecule has 106 valence electrons. The highest BCUT2D eigenvalue weighted by Gasteiger charge is 2.47. The maximum atomic E-state index is 12.3. The molecule has 1 N–H and O–H groups in total. The molecule has 2 saturated heterocycles. The third-order valence-electron chi connectivity index (χ3n) is 4.68. The van der Waals surface area contributed by atoms with Gasteiger partial charge in [0.25, 0.3) is 0 Å².